The van der Waals surface area contributed by atoms with E-state index in [9.17, 15) is 22.8 Å². The Balaban J connectivity index is 1.14. The second-order valence-electron chi connectivity index (χ2n) is 12.2. The molecule has 13 heteroatoms. The monoisotopic (exact) mass is 624 g/mol. The SMILES string of the molecule is CCOc1ncccc1-c1ccc(OC2CC3(C2)CN(C(=O)c2ccc(C)c(C(F)(F)F)n2)C3)c(C(=O)NC2CCN(C)C2)n1. The number of ether oxygens (including phenoxy) is 2. The number of carbonyl (C=O) groups excluding carboxylic acids is 2. The van der Waals surface area contributed by atoms with Crippen LogP contribution in [0.1, 0.15) is 58.4 Å². The van der Waals surface area contributed by atoms with E-state index in [1.54, 1.807) is 24.4 Å². The Morgan fingerprint density at radius 1 is 1.11 bits per heavy atom. The maximum Gasteiger partial charge on any atom is 0.433 e. The average molecular weight is 625 g/mol. The lowest BCUT2D eigenvalue weighted by molar-refractivity contribution is -0.141. The van der Waals surface area contributed by atoms with Crippen LogP contribution < -0.4 is 14.8 Å². The van der Waals surface area contributed by atoms with Crippen molar-refractivity contribution in [1.29, 1.82) is 0 Å². The lowest BCUT2D eigenvalue weighted by Crippen LogP contribution is -2.66. The molecule has 238 valence electrons. The first-order valence-electron chi connectivity index (χ1n) is 15.0. The summed E-state index contributed by atoms with van der Waals surface area (Å²) in [5.41, 5.74) is -0.101. The largest absolute Gasteiger partial charge is 0.488 e. The number of likely N-dealkylation sites (tertiary alicyclic amines) is 2. The molecule has 1 atom stereocenters. The van der Waals surface area contributed by atoms with Gasteiger partial charge in [0.2, 0.25) is 5.88 Å². The van der Waals surface area contributed by atoms with Gasteiger partial charge in [-0.2, -0.15) is 13.2 Å². The van der Waals surface area contributed by atoms with E-state index in [0.29, 0.717) is 55.4 Å². The summed E-state index contributed by atoms with van der Waals surface area (Å²) >= 11 is 0. The minimum absolute atomic E-state index is 0.00103. The highest BCUT2D eigenvalue weighted by Crippen LogP contribution is 2.50. The topological polar surface area (TPSA) is 110 Å². The second kappa shape index (κ2) is 11.9. The lowest BCUT2D eigenvalue weighted by Gasteiger charge is -2.58. The molecule has 5 heterocycles. The summed E-state index contributed by atoms with van der Waals surface area (Å²) < 4.78 is 51.9. The van der Waals surface area contributed by atoms with Crippen molar-refractivity contribution in [2.75, 3.05) is 39.8 Å². The van der Waals surface area contributed by atoms with Crippen molar-refractivity contribution >= 4 is 11.8 Å². The van der Waals surface area contributed by atoms with Crippen LogP contribution in [0.3, 0.4) is 0 Å². The molecule has 3 aliphatic rings. The normalized spacial score (nSPS) is 19.6. The second-order valence-corrected chi connectivity index (χ2v) is 12.2. The molecule has 1 N–H and O–H groups in total. The number of pyridine rings is 3. The Hall–Kier alpha value is -4.26. The van der Waals surface area contributed by atoms with Crippen molar-refractivity contribution < 1.29 is 32.2 Å². The van der Waals surface area contributed by atoms with Gasteiger partial charge in [-0.05, 0) is 82.6 Å². The van der Waals surface area contributed by atoms with Gasteiger partial charge in [0.25, 0.3) is 11.8 Å². The van der Waals surface area contributed by atoms with E-state index in [-0.39, 0.29) is 40.4 Å². The van der Waals surface area contributed by atoms with Gasteiger partial charge in [-0.25, -0.2) is 15.0 Å². The predicted octanol–water partition coefficient (Wildman–Crippen LogP) is 4.38. The highest BCUT2D eigenvalue weighted by atomic mass is 19.4. The number of hydrogen-bond acceptors (Lipinski definition) is 8. The lowest BCUT2D eigenvalue weighted by atomic mass is 9.61. The molecule has 1 aliphatic carbocycles. The van der Waals surface area contributed by atoms with Gasteiger partial charge in [0.1, 0.15) is 17.5 Å². The van der Waals surface area contributed by atoms with Gasteiger partial charge in [0, 0.05) is 37.3 Å². The number of amides is 2. The minimum atomic E-state index is -4.63. The van der Waals surface area contributed by atoms with Crippen LogP contribution in [0.2, 0.25) is 0 Å². The summed E-state index contributed by atoms with van der Waals surface area (Å²) in [5, 5.41) is 3.09. The highest BCUT2D eigenvalue weighted by Gasteiger charge is 2.55. The van der Waals surface area contributed by atoms with Crippen molar-refractivity contribution in [3.05, 3.63) is 65.2 Å². The molecule has 0 aromatic carbocycles. The van der Waals surface area contributed by atoms with Crippen LogP contribution in [0.15, 0.2) is 42.6 Å². The van der Waals surface area contributed by atoms with E-state index < -0.39 is 17.8 Å². The van der Waals surface area contributed by atoms with Crippen molar-refractivity contribution in [3.8, 4) is 22.9 Å². The number of alkyl halides is 3. The summed E-state index contributed by atoms with van der Waals surface area (Å²) in [6, 6.07) is 9.74. The molecule has 1 spiro atoms. The molecule has 3 aromatic rings. The zero-order valence-electron chi connectivity index (χ0n) is 25.4. The fourth-order valence-corrected chi connectivity index (χ4v) is 6.43. The summed E-state index contributed by atoms with van der Waals surface area (Å²) in [5.74, 6) is -0.0635. The van der Waals surface area contributed by atoms with Crippen LogP contribution in [-0.2, 0) is 6.18 Å². The van der Waals surface area contributed by atoms with Crippen LogP contribution >= 0.6 is 0 Å². The fraction of sp³-hybridized carbons (Fsp3) is 0.469. The summed E-state index contributed by atoms with van der Waals surface area (Å²) in [7, 11) is 2.01. The fourth-order valence-electron chi connectivity index (χ4n) is 6.43. The molecule has 3 aromatic heterocycles. The van der Waals surface area contributed by atoms with Crippen LogP contribution in [-0.4, -0.2) is 88.5 Å². The highest BCUT2D eigenvalue weighted by molar-refractivity contribution is 5.96. The first-order valence-corrected chi connectivity index (χ1v) is 15.0. The van der Waals surface area contributed by atoms with E-state index in [4.69, 9.17) is 14.5 Å². The molecule has 1 saturated carbocycles. The van der Waals surface area contributed by atoms with Crippen molar-refractivity contribution in [3.63, 3.8) is 0 Å². The van der Waals surface area contributed by atoms with Crippen molar-refractivity contribution in [1.82, 2.24) is 30.1 Å². The molecule has 2 saturated heterocycles. The molecule has 6 rings (SSSR count). The number of likely N-dealkylation sites (N-methyl/N-ethyl adjacent to an activating group) is 1. The van der Waals surface area contributed by atoms with Crippen LogP contribution in [0.4, 0.5) is 13.2 Å². The predicted molar refractivity (Wildman–Crippen MR) is 158 cm³/mol. The summed E-state index contributed by atoms with van der Waals surface area (Å²) in [4.78, 5) is 42.8. The van der Waals surface area contributed by atoms with Gasteiger partial charge >= 0.3 is 6.18 Å². The first kappa shape index (κ1) is 30.8. The Labute approximate surface area is 259 Å². The molecule has 2 aliphatic heterocycles. The third-order valence-corrected chi connectivity index (χ3v) is 8.67. The van der Waals surface area contributed by atoms with Crippen LogP contribution in [0, 0.1) is 12.3 Å². The van der Waals surface area contributed by atoms with Gasteiger partial charge < -0.3 is 24.6 Å². The summed E-state index contributed by atoms with van der Waals surface area (Å²) in [6.45, 7) is 6.06. The number of nitrogens with one attached hydrogen (secondary N) is 1. The van der Waals surface area contributed by atoms with E-state index in [1.807, 2.05) is 20.0 Å². The number of carbonyl (C=O) groups is 2. The van der Waals surface area contributed by atoms with Gasteiger partial charge in [-0.1, -0.05) is 6.07 Å². The first-order chi connectivity index (χ1) is 21.4. The zero-order valence-corrected chi connectivity index (χ0v) is 25.4. The molecule has 2 amide bonds. The molecular weight excluding hydrogens is 589 g/mol. The quantitative estimate of drug-likeness (QED) is 0.394. The molecule has 0 radical (unpaired) electrons. The molecule has 10 nitrogen and oxygen atoms in total. The van der Waals surface area contributed by atoms with Gasteiger partial charge in [0.05, 0.1) is 17.9 Å². The molecule has 3 fully saturated rings. The van der Waals surface area contributed by atoms with Gasteiger partial charge in [-0.15, -0.1) is 0 Å². The third kappa shape index (κ3) is 6.31. The van der Waals surface area contributed by atoms with Crippen LogP contribution in [0.25, 0.3) is 11.3 Å². The third-order valence-electron chi connectivity index (χ3n) is 8.67. The Morgan fingerprint density at radius 2 is 1.89 bits per heavy atom. The number of aryl methyl sites for hydroxylation is 1. The maximum atomic E-state index is 13.5. The Kier molecular flexibility index (Phi) is 8.14. The van der Waals surface area contributed by atoms with E-state index >= 15 is 0 Å². The summed E-state index contributed by atoms with van der Waals surface area (Å²) in [6.07, 6.45) is -1.08. The number of hydrogen-bond donors (Lipinski definition) is 1. The zero-order chi connectivity index (χ0) is 31.9. The Bertz CT molecular complexity index is 1600. The number of aromatic nitrogens is 3. The Morgan fingerprint density at radius 3 is 2.58 bits per heavy atom. The smallest absolute Gasteiger partial charge is 0.433 e. The number of halogens is 3. The van der Waals surface area contributed by atoms with Gasteiger partial charge in [-0.3, -0.25) is 9.59 Å². The number of nitrogens with zero attached hydrogens (tertiary/aromatic N) is 5. The standard InChI is InChI=1S/C32H35F3N6O4/c1-4-44-29-22(6-5-12-36-29)23-9-10-25(26(38-23)28(42)37-20-11-13-40(3)16-20)45-21-14-31(15-21)17-41(18-31)30(43)24-8-7-19(2)27(39-24)32(33,34)35/h5-10,12,20-21H,4,11,13-18H2,1-3H3,(H,37,42). The maximum absolute atomic E-state index is 13.5. The number of rotatable bonds is 8. The van der Waals surface area contributed by atoms with E-state index in [0.717, 1.165) is 19.5 Å². The van der Waals surface area contributed by atoms with E-state index in [2.05, 4.69) is 20.2 Å². The van der Waals surface area contributed by atoms with Crippen molar-refractivity contribution in [2.24, 2.45) is 5.41 Å². The molecule has 1 unspecified atom stereocenters. The average Bonchev–Trinajstić information content (AvgIpc) is 3.37. The minimum Gasteiger partial charge on any atom is -0.488 e. The molecule has 0 bridgehead atoms. The van der Waals surface area contributed by atoms with Crippen LogP contribution in [0.5, 0.6) is 11.6 Å². The van der Waals surface area contributed by atoms with E-state index in [1.165, 1.54) is 24.0 Å². The van der Waals surface area contributed by atoms with Gasteiger partial charge in [0.15, 0.2) is 11.4 Å². The molecular formula is C32H35F3N6O4. The molecule has 45 heavy (non-hydrogen) atoms. The van der Waals surface area contributed by atoms with Crippen molar-refractivity contribution in [2.45, 2.75) is 51.4 Å².